The normalized spacial score (nSPS) is 11.1. The smallest absolute Gasteiger partial charge is 0.167 e. The van der Waals surface area contributed by atoms with Crippen molar-refractivity contribution in [2.75, 3.05) is 0 Å². The molecule has 4 rings (SSSR count). The predicted octanol–water partition coefficient (Wildman–Crippen LogP) is 4.87. The monoisotopic (exact) mass is 365 g/mol. The van der Waals surface area contributed by atoms with Crippen molar-refractivity contribution in [3.63, 3.8) is 0 Å². The minimum absolute atomic E-state index is 0.511. The second kappa shape index (κ2) is 6.82. The van der Waals surface area contributed by atoms with E-state index in [2.05, 4.69) is 41.3 Å². The van der Waals surface area contributed by atoms with Crippen LogP contribution in [0.3, 0.4) is 0 Å². The molecule has 0 saturated heterocycles. The van der Waals surface area contributed by atoms with Crippen LogP contribution in [-0.2, 0) is 5.75 Å². The zero-order valence-corrected chi connectivity index (χ0v) is 15.2. The largest absolute Gasteiger partial charge is 0.298 e. The van der Waals surface area contributed by atoms with Crippen molar-refractivity contribution < 1.29 is 4.79 Å². The fraction of sp³-hybridized carbons (Fsp3) is 0.105. The molecule has 25 heavy (non-hydrogen) atoms. The van der Waals surface area contributed by atoms with Crippen molar-refractivity contribution >= 4 is 35.0 Å². The zero-order chi connectivity index (χ0) is 17.2. The van der Waals surface area contributed by atoms with Gasteiger partial charge in [0.15, 0.2) is 11.9 Å². The standard InChI is InChI=1S/C19H15N3OS2/c1-13-7-8-17(25-13)16-9-18(24-12-14-5-3-2-4-6-14)22-19(21-16)15(11-23)10-20-22/h2-11H,12H2,1H3. The summed E-state index contributed by atoms with van der Waals surface area (Å²) in [5, 5.41) is 5.32. The van der Waals surface area contributed by atoms with E-state index in [1.807, 2.05) is 24.3 Å². The van der Waals surface area contributed by atoms with Gasteiger partial charge in [0, 0.05) is 10.6 Å². The van der Waals surface area contributed by atoms with Gasteiger partial charge in [-0.25, -0.2) is 9.50 Å². The average Bonchev–Trinajstić information content (AvgIpc) is 3.26. The molecule has 0 radical (unpaired) electrons. The van der Waals surface area contributed by atoms with Gasteiger partial charge in [-0.3, -0.25) is 4.79 Å². The lowest BCUT2D eigenvalue weighted by Gasteiger charge is -2.07. The number of aldehydes is 1. The predicted molar refractivity (Wildman–Crippen MR) is 102 cm³/mol. The lowest BCUT2D eigenvalue weighted by atomic mass is 10.2. The number of carbonyl (C=O) groups excluding carboxylic acids is 1. The topological polar surface area (TPSA) is 47.3 Å². The Labute approximate surface area is 153 Å². The summed E-state index contributed by atoms with van der Waals surface area (Å²) in [6.45, 7) is 2.08. The molecule has 0 aliphatic rings. The summed E-state index contributed by atoms with van der Waals surface area (Å²) in [5.74, 6) is 0.832. The highest BCUT2D eigenvalue weighted by atomic mass is 32.2. The molecule has 0 spiro atoms. The van der Waals surface area contributed by atoms with Crippen LogP contribution in [-0.4, -0.2) is 20.9 Å². The van der Waals surface area contributed by atoms with Crippen LogP contribution < -0.4 is 0 Å². The SMILES string of the molecule is Cc1ccc(-c2cc(SCc3ccccc3)n3ncc(C=O)c3n2)s1. The molecule has 0 amide bonds. The molecule has 0 aliphatic heterocycles. The van der Waals surface area contributed by atoms with Crippen LogP contribution in [0, 0.1) is 6.92 Å². The zero-order valence-electron chi connectivity index (χ0n) is 13.5. The lowest BCUT2D eigenvalue weighted by molar-refractivity contribution is 0.112. The molecule has 124 valence electrons. The van der Waals surface area contributed by atoms with Gasteiger partial charge >= 0.3 is 0 Å². The molecule has 3 heterocycles. The van der Waals surface area contributed by atoms with Gasteiger partial charge in [0.1, 0.15) is 5.03 Å². The summed E-state index contributed by atoms with van der Waals surface area (Å²) in [6.07, 6.45) is 2.38. The van der Waals surface area contributed by atoms with Gasteiger partial charge in [-0.05, 0) is 30.7 Å². The van der Waals surface area contributed by atoms with Gasteiger partial charge in [-0.2, -0.15) is 5.10 Å². The Kier molecular flexibility index (Phi) is 4.38. The average molecular weight is 365 g/mol. The maximum absolute atomic E-state index is 11.3. The molecule has 1 aromatic carbocycles. The Morgan fingerprint density at radius 1 is 1.20 bits per heavy atom. The van der Waals surface area contributed by atoms with Gasteiger partial charge in [0.05, 0.1) is 22.3 Å². The molecular formula is C19H15N3OS2. The van der Waals surface area contributed by atoms with Crippen LogP contribution in [0.5, 0.6) is 0 Å². The van der Waals surface area contributed by atoms with Gasteiger partial charge in [-0.1, -0.05) is 30.3 Å². The van der Waals surface area contributed by atoms with E-state index in [0.717, 1.165) is 27.6 Å². The Bertz CT molecular complexity index is 1040. The van der Waals surface area contributed by atoms with Crippen LogP contribution in [0.25, 0.3) is 16.2 Å². The first-order valence-corrected chi connectivity index (χ1v) is 9.62. The Balaban J connectivity index is 1.78. The van der Waals surface area contributed by atoms with Crippen LogP contribution in [0.4, 0.5) is 0 Å². The molecule has 4 nitrogen and oxygen atoms in total. The van der Waals surface area contributed by atoms with Gasteiger partial charge in [0.2, 0.25) is 0 Å². The minimum Gasteiger partial charge on any atom is -0.298 e. The molecule has 0 N–H and O–H groups in total. The van der Waals surface area contributed by atoms with Crippen molar-refractivity contribution in [2.24, 2.45) is 0 Å². The number of aryl methyl sites for hydroxylation is 1. The van der Waals surface area contributed by atoms with Crippen LogP contribution >= 0.6 is 23.1 Å². The lowest BCUT2D eigenvalue weighted by Crippen LogP contribution is -1.98. The molecular weight excluding hydrogens is 350 g/mol. The first-order valence-electron chi connectivity index (χ1n) is 7.82. The van der Waals surface area contributed by atoms with E-state index < -0.39 is 0 Å². The third-order valence-electron chi connectivity index (χ3n) is 3.82. The Hall–Kier alpha value is -2.44. The van der Waals surface area contributed by atoms with E-state index in [4.69, 9.17) is 0 Å². The molecule has 0 atom stereocenters. The van der Waals surface area contributed by atoms with Gasteiger partial charge in [0.25, 0.3) is 0 Å². The number of rotatable bonds is 5. The van der Waals surface area contributed by atoms with Crippen molar-refractivity contribution in [3.05, 3.63) is 70.7 Å². The minimum atomic E-state index is 0.511. The summed E-state index contributed by atoms with van der Waals surface area (Å²) in [6, 6.07) is 16.5. The van der Waals surface area contributed by atoms with Crippen molar-refractivity contribution in [3.8, 4) is 10.6 Å². The number of carbonyl (C=O) groups is 1. The third-order valence-corrected chi connectivity index (χ3v) is 5.90. The van der Waals surface area contributed by atoms with Crippen LogP contribution in [0.15, 0.2) is 59.8 Å². The summed E-state index contributed by atoms with van der Waals surface area (Å²) < 4.78 is 1.75. The van der Waals surface area contributed by atoms with E-state index in [1.54, 1.807) is 33.8 Å². The number of hydrogen-bond donors (Lipinski definition) is 0. The number of aromatic nitrogens is 3. The molecule has 0 unspecified atom stereocenters. The summed E-state index contributed by atoms with van der Waals surface area (Å²) >= 11 is 3.39. The Morgan fingerprint density at radius 2 is 2.04 bits per heavy atom. The molecule has 0 saturated carbocycles. The van der Waals surface area contributed by atoms with Gasteiger partial charge in [-0.15, -0.1) is 23.1 Å². The highest BCUT2D eigenvalue weighted by Gasteiger charge is 2.14. The number of fused-ring (bicyclic) bond motifs is 1. The highest BCUT2D eigenvalue weighted by molar-refractivity contribution is 7.98. The van der Waals surface area contributed by atoms with Crippen LogP contribution in [0.2, 0.25) is 0 Å². The van der Waals surface area contributed by atoms with E-state index in [0.29, 0.717) is 11.2 Å². The van der Waals surface area contributed by atoms with Crippen LogP contribution in [0.1, 0.15) is 20.8 Å². The van der Waals surface area contributed by atoms with Crippen molar-refractivity contribution in [2.45, 2.75) is 17.7 Å². The number of hydrogen-bond acceptors (Lipinski definition) is 5. The second-order valence-electron chi connectivity index (χ2n) is 5.62. The number of thioether (sulfide) groups is 1. The maximum atomic E-state index is 11.3. The first-order chi connectivity index (χ1) is 12.2. The Morgan fingerprint density at radius 3 is 2.76 bits per heavy atom. The number of thiophene rings is 1. The van der Waals surface area contributed by atoms with Crippen molar-refractivity contribution in [1.29, 1.82) is 0 Å². The van der Waals surface area contributed by atoms with E-state index in [1.165, 1.54) is 10.4 Å². The van der Waals surface area contributed by atoms with Gasteiger partial charge < -0.3 is 0 Å². The summed E-state index contributed by atoms with van der Waals surface area (Å²) in [7, 11) is 0. The van der Waals surface area contributed by atoms with Crippen molar-refractivity contribution in [1.82, 2.24) is 14.6 Å². The van der Waals surface area contributed by atoms with E-state index in [-0.39, 0.29) is 0 Å². The fourth-order valence-electron chi connectivity index (χ4n) is 2.57. The molecule has 0 fully saturated rings. The molecule has 0 bridgehead atoms. The molecule has 6 heteroatoms. The maximum Gasteiger partial charge on any atom is 0.167 e. The summed E-state index contributed by atoms with van der Waals surface area (Å²) in [5.41, 5.74) is 3.24. The molecule has 3 aromatic heterocycles. The second-order valence-corrected chi connectivity index (χ2v) is 7.90. The first kappa shape index (κ1) is 16.1. The highest BCUT2D eigenvalue weighted by Crippen LogP contribution is 2.31. The van der Waals surface area contributed by atoms with E-state index >= 15 is 0 Å². The molecule has 0 aliphatic carbocycles. The number of nitrogens with zero attached hydrogens (tertiary/aromatic N) is 3. The van der Waals surface area contributed by atoms with E-state index in [9.17, 15) is 4.79 Å². The number of benzene rings is 1. The summed E-state index contributed by atoms with van der Waals surface area (Å²) in [4.78, 5) is 18.3. The third kappa shape index (κ3) is 3.23. The fourth-order valence-corrected chi connectivity index (χ4v) is 4.35. The quantitative estimate of drug-likeness (QED) is 0.287. The molecule has 4 aromatic rings.